The SMILES string of the molecule is COC(=O)CC[C@@H](C)[C@H]1CC[C@H]2[C@@H]3CC[C@@H]4C[C@H](OC(=O)NNC(=O)c5ccccc5OC)CC[C@]4(C)[C@H]3C[C@H](OC(=O)N[C@@H](Cc3c[nH]c4ccccc34)C(=O)OC)[C@]12C. The largest absolute Gasteiger partial charge is 0.496 e. The highest BCUT2D eigenvalue weighted by atomic mass is 16.6. The molecule has 4 aliphatic carbocycles. The number of hydrazine groups is 1. The first-order chi connectivity index (χ1) is 29.3. The Kier molecular flexibility index (Phi) is 13.2. The Bertz CT molecular complexity index is 2090. The van der Waals surface area contributed by atoms with Crippen LogP contribution in [0.3, 0.4) is 0 Å². The van der Waals surface area contributed by atoms with Gasteiger partial charge in [-0.15, -0.1) is 0 Å². The van der Waals surface area contributed by atoms with E-state index in [9.17, 15) is 24.0 Å². The Hall–Kier alpha value is -5.27. The highest BCUT2D eigenvalue weighted by molar-refractivity contribution is 5.97. The number of aromatic nitrogens is 1. The first-order valence-corrected chi connectivity index (χ1v) is 21.9. The number of fused-ring (bicyclic) bond motifs is 6. The number of H-pyrrole nitrogens is 1. The zero-order valence-corrected chi connectivity index (χ0v) is 36.3. The molecule has 2 aromatic carbocycles. The van der Waals surface area contributed by atoms with Crippen molar-refractivity contribution in [1.29, 1.82) is 0 Å². The minimum Gasteiger partial charge on any atom is -0.496 e. The molecule has 11 atom stereocenters. The van der Waals surface area contributed by atoms with Crippen molar-refractivity contribution >= 4 is 40.9 Å². The number of carbonyl (C=O) groups excluding carboxylic acids is 5. The maximum atomic E-state index is 14.2. The number of amides is 3. The third-order valence-electron chi connectivity index (χ3n) is 15.5. The molecule has 3 amide bonds. The Morgan fingerprint density at radius 2 is 1.61 bits per heavy atom. The topological polar surface area (TPSA) is 183 Å². The summed E-state index contributed by atoms with van der Waals surface area (Å²) in [5.41, 5.74) is 6.50. The van der Waals surface area contributed by atoms with Crippen molar-refractivity contribution in [3.05, 3.63) is 65.9 Å². The van der Waals surface area contributed by atoms with E-state index in [-0.39, 0.29) is 58.6 Å². The number of aromatic amines is 1. The van der Waals surface area contributed by atoms with Gasteiger partial charge in [0.15, 0.2) is 0 Å². The quantitative estimate of drug-likeness (QED) is 0.0803. The van der Waals surface area contributed by atoms with Gasteiger partial charge in [-0.05, 0) is 122 Å². The van der Waals surface area contributed by atoms with E-state index < -0.39 is 36.2 Å². The van der Waals surface area contributed by atoms with Gasteiger partial charge in [-0.2, -0.15) is 0 Å². The fourth-order valence-corrected chi connectivity index (χ4v) is 12.4. The van der Waals surface area contributed by atoms with Crippen molar-refractivity contribution in [3.8, 4) is 5.75 Å². The van der Waals surface area contributed by atoms with Crippen LogP contribution in [0.25, 0.3) is 10.9 Å². The number of esters is 2. The third-order valence-corrected chi connectivity index (χ3v) is 15.5. The summed E-state index contributed by atoms with van der Waals surface area (Å²) in [5.74, 6) is 0.732. The fourth-order valence-electron chi connectivity index (χ4n) is 12.4. The Morgan fingerprint density at radius 3 is 2.38 bits per heavy atom. The smallest absolute Gasteiger partial charge is 0.426 e. The van der Waals surface area contributed by atoms with Gasteiger partial charge in [0, 0.05) is 35.4 Å². The summed E-state index contributed by atoms with van der Waals surface area (Å²) in [6.45, 7) is 6.88. The lowest BCUT2D eigenvalue weighted by atomic mass is 9.43. The minimum absolute atomic E-state index is 0.0881. The molecular weight excluding hydrogens is 781 g/mol. The molecule has 0 unspecified atom stereocenters. The molecule has 0 spiro atoms. The average molecular weight is 843 g/mol. The van der Waals surface area contributed by atoms with E-state index in [2.05, 4.69) is 41.9 Å². The van der Waals surface area contributed by atoms with Crippen LogP contribution < -0.4 is 20.9 Å². The summed E-state index contributed by atoms with van der Waals surface area (Å²) in [7, 11) is 4.21. The molecule has 0 aliphatic heterocycles. The Balaban J connectivity index is 1.07. The lowest BCUT2D eigenvalue weighted by Gasteiger charge is -2.62. The number of ether oxygens (including phenoxy) is 5. The van der Waals surface area contributed by atoms with E-state index in [1.165, 1.54) is 21.3 Å². The molecule has 1 aromatic heterocycles. The number of carbonyl (C=O) groups is 5. The molecule has 0 saturated heterocycles. The lowest BCUT2D eigenvalue weighted by molar-refractivity contribution is -0.175. The van der Waals surface area contributed by atoms with E-state index in [0.717, 1.165) is 48.6 Å². The van der Waals surface area contributed by atoms with Gasteiger partial charge in [0.05, 0.1) is 26.9 Å². The minimum atomic E-state index is -0.964. The van der Waals surface area contributed by atoms with Crippen LogP contribution in [0.4, 0.5) is 9.59 Å². The normalized spacial score (nSPS) is 30.0. The van der Waals surface area contributed by atoms with Crippen molar-refractivity contribution in [1.82, 2.24) is 21.2 Å². The van der Waals surface area contributed by atoms with Gasteiger partial charge < -0.3 is 34.0 Å². The maximum absolute atomic E-state index is 14.2. The van der Waals surface area contributed by atoms with Crippen LogP contribution in [0.2, 0.25) is 0 Å². The molecule has 0 radical (unpaired) electrons. The van der Waals surface area contributed by atoms with Crippen LogP contribution in [0.5, 0.6) is 5.75 Å². The summed E-state index contributed by atoms with van der Waals surface area (Å²) in [6.07, 6.45) is 7.84. The van der Waals surface area contributed by atoms with Crippen LogP contribution in [-0.4, -0.2) is 74.6 Å². The van der Waals surface area contributed by atoms with Crippen molar-refractivity contribution in [2.75, 3.05) is 21.3 Å². The summed E-state index contributed by atoms with van der Waals surface area (Å²) in [4.78, 5) is 68.6. The van der Waals surface area contributed by atoms with E-state index in [1.54, 1.807) is 24.3 Å². The molecular formula is C47H62N4O10. The summed E-state index contributed by atoms with van der Waals surface area (Å²) in [6, 6.07) is 13.6. The van der Waals surface area contributed by atoms with Gasteiger partial charge in [-0.1, -0.05) is 51.1 Å². The van der Waals surface area contributed by atoms with Crippen LogP contribution in [0.1, 0.15) is 101 Å². The molecule has 14 nitrogen and oxygen atoms in total. The molecule has 7 rings (SSSR count). The number of methoxy groups -OCH3 is 3. The molecule has 4 fully saturated rings. The number of para-hydroxylation sites is 2. The Morgan fingerprint density at radius 1 is 0.836 bits per heavy atom. The van der Waals surface area contributed by atoms with Crippen molar-refractivity contribution < 1.29 is 47.7 Å². The number of hydrogen-bond donors (Lipinski definition) is 4. The van der Waals surface area contributed by atoms with Gasteiger partial charge in [-0.3, -0.25) is 15.0 Å². The second kappa shape index (κ2) is 18.4. The monoisotopic (exact) mass is 842 g/mol. The fraction of sp³-hybridized carbons (Fsp3) is 0.596. The van der Waals surface area contributed by atoms with E-state index in [0.29, 0.717) is 49.7 Å². The highest BCUT2D eigenvalue weighted by Crippen LogP contribution is 2.69. The molecule has 330 valence electrons. The summed E-state index contributed by atoms with van der Waals surface area (Å²) in [5, 5.41) is 3.87. The van der Waals surface area contributed by atoms with Crippen molar-refractivity contribution in [3.63, 3.8) is 0 Å². The number of nitrogens with one attached hydrogen (secondary N) is 4. The molecule has 61 heavy (non-hydrogen) atoms. The van der Waals surface area contributed by atoms with Gasteiger partial charge in [-0.25, -0.2) is 19.8 Å². The average Bonchev–Trinajstić information content (AvgIpc) is 3.85. The standard InChI is InChI=1S/C47H62N4O10/c1-27(15-20-41(52)58-5)34-18-19-35-32-17-16-29-24-30(60-45(56)51-50-42(53)33-12-8-10-14-39(33)57-4)21-22-46(29,2)36(32)25-40(47(34,35)3)61-44(55)49-38(43(54)59-6)23-28-26-48-37-13-9-7-11-31(28)37/h7-14,26-27,29-30,32,34-36,38,40,48H,15-25H2,1-6H3,(H,49,55)(H,50,53)(H,51,56)/t27-,29-,30-,32+,34-,35+,36+,38+,40+,46+,47-/m1/s1. The molecule has 0 bridgehead atoms. The molecule has 4 N–H and O–H groups in total. The number of rotatable bonds is 12. The second-order valence-corrected chi connectivity index (χ2v) is 18.3. The van der Waals surface area contributed by atoms with Gasteiger partial charge in [0.1, 0.15) is 24.0 Å². The zero-order chi connectivity index (χ0) is 43.5. The first-order valence-electron chi connectivity index (χ1n) is 21.9. The van der Waals surface area contributed by atoms with Crippen LogP contribution in [0, 0.1) is 46.3 Å². The van der Waals surface area contributed by atoms with E-state index in [1.807, 2.05) is 30.5 Å². The van der Waals surface area contributed by atoms with E-state index >= 15 is 0 Å². The zero-order valence-electron chi connectivity index (χ0n) is 36.3. The number of alkyl carbamates (subject to hydrolysis) is 1. The van der Waals surface area contributed by atoms with Gasteiger partial charge in [0.2, 0.25) is 0 Å². The summed E-state index contributed by atoms with van der Waals surface area (Å²) < 4.78 is 28.0. The van der Waals surface area contributed by atoms with Crippen LogP contribution in [-0.2, 0) is 35.0 Å². The maximum Gasteiger partial charge on any atom is 0.426 e. The highest BCUT2D eigenvalue weighted by Gasteiger charge is 2.65. The number of benzene rings is 2. The summed E-state index contributed by atoms with van der Waals surface area (Å²) >= 11 is 0. The molecule has 4 aliphatic rings. The predicted octanol–water partition coefficient (Wildman–Crippen LogP) is 7.65. The molecule has 3 aromatic rings. The van der Waals surface area contributed by atoms with Crippen LogP contribution in [0.15, 0.2) is 54.7 Å². The second-order valence-electron chi connectivity index (χ2n) is 18.3. The Labute approximate surface area is 357 Å². The third kappa shape index (κ3) is 8.77. The molecule has 4 saturated carbocycles. The lowest BCUT2D eigenvalue weighted by Crippen LogP contribution is -2.60. The molecule has 14 heteroatoms. The van der Waals surface area contributed by atoms with Crippen molar-refractivity contribution in [2.45, 2.75) is 110 Å². The molecule has 1 heterocycles. The van der Waals surface area contributed by atoms with E-state index in [4.69, 9.17) is 23.7 Å². The predicted molar refractivity (Wildman–Crippen MR) is 226 cm³/mol. The first kappa shape index (κ1) is 43.8. The van der Waals surface area contributed by atoms with Crippen LogP contribution >= 0.6 is 0 Å². The number of hydrogen-bond acceptors (Lipinski definition) is 10. The van der Waals surface area contributed by atoms with Gasteiger partial charge >= 0.3 is 24.1 Å². The van der Waals surface area contributed by atoms with Crippen molar-refractivity contribution in [2.24, 2.45) is 46.3 Å². The van der Waals surface area contributed by atoms with Gasteiger partial charge in [0.25, 0.3) is 5.91 Å².